The van der Waals surface area contributed by atoms with E-state index in [9.17, 15) is 17.6 Å². The molecule has 0 fully saturated rings. The molecule has 1 aromatic heterocycles. The Morgan fingerprint density at radius 3 is 2.56 bits per heavy atom. The molecule has 2 aromatic carbocycles. The maximum absolute atomic E-state index is 14.0. The molecule has 8 heteroatoms. The molecule has 1 amide bonds. The van der Waals surface area contributed by atoms with E-state index in [4.69, 9.17) is 0 Å². The lowest BCUT2D eigenvalue weighted by Crippen LogP contribution is -2.27. The summed E-state index contributed by atoms with van der Waals surface area (Å²) in [5.74, 6) is -1.14. The van der Waals surface area contributed by atoms with Crippen molar-refractivity contribution in [3.8, 4) is 0 Å². The van der Waals surface area contributed by atoms with Crippen molar-refractivity contribution in [2.45, 2.75) is 4.90 Å². The van der Waals surface area contributed by atoms with Crippen molar-refractivity contribution >= 4 is 27.3 Å². The molecule has 0 unspecified atom stereocenters. The lowest BCUT2D eigenvalue weighted by atomic mass is 10.2. The van der Waals surface area contributed by atoms with Gasteiger partial charge in [-0.2, -0.15) is 0 Å². The minimum Gasteiger partial charge on any atom is -0.321 e. The van der Waals surface area contributed by atoms with Gasteiger partial charge in [0, 0.05) is 18.8 Å². The Bertz CT molecular complexity index is 1070. The number of benzene rings is 2. The molecule has 0 atom stereocenters. The van der Waals surface area contributed by atoms with Gasteiger partial charge >= 0.3 is 0 Å². The summed E-state index contributed by atoms with van der Waals surface area (Å²) in [7, 11) is -2.78. The van der Waals surface area contributed by atoms with Gasteiger partial charge < -0.3 is 5.32 Å². The molecule has 3 rings (SSSR count). The van der Waals surface area contributed by atoms with Crippen molar-refractivity contribution in [3.63, 3.8) is 0 Å². The van der Waals surface area contributed by atoms with Crippen LogP contribution in [0.3, 0.4) is 0 Å². The number of amides is 1. The van der Waals surface area contributed by atoms with Crippen LogP contribution in [0.25, 0.3) is 0 Å². The Balaban J connectivity index is 1.90. The monoisotopic (exact) mass is 385 g/mol. The Morgan fingerprint density at radius 1 is 1.07 bits per heavy atom. The maximum atomic E-state index is 14.0. The van der Waals surface area contributed by atoms with Crippen molar-refractivity contribution < 1.29 is 17.6 Å². The van der Waals surface area contributed by atoms with Crippen LogP contribution < -0.4 is 9.62 Å². The van der Waals surface area contributed by atoms with Crippen molar-refractivity contribution in [2.75, 3.05) is 16.7 Å². The van der Waals surface area contributed by atoms with Crippen LogP contribution in [-0.2, 0) is 10.0 Å². The van der Waals surface area contributed by atoms with E-state index in [2.05, 4.69) is 10.3 Å². The van der Waals surface area contributed by atoms with Gasteiger partial charge in [-0.15, -0.1) is 0 Å². The van der Waals surface area contributed by atoms with Gasteiger partial charge in [-0.3, -0.25) is 14.1 Å². The van der Waals surface area contributed by atoms with Crippen LogP contribution in [0, 0.1) is 5.82 Å². The summed E-state index contributed by atoms with van der Waals surface area (Å²) in [5.41, 5.74) is 0.559. The highest BCUT2D eigenvalue weighted by atomic mass is 32.2. The Kier molecular flexibility index (Phi) is 5.18. The molecule has 0 saturated carbocycles. The second-order valence-electron chi connectivity index (χ2n) is 5.65. The lowest BCUT2D eigenvalue weighted by Gasteiger charge is -2.20. The van der Waals surface area contributed by atoms with E-state index >= 15 is 0 Å². The number of hydrogen-bond donors (Lipinski definition) is 1. The molecule has 0 aliphatic heterocycles. The predicted molar refractivity (Wildman–Crippen MR) is 101 cm³/mol. The predicted octanol–water partition coefficient (Wildman–Crippen LogP) is 3.30. The van der Waals surface area contributed by atoms with Gasteiger partial charge in [-0.25, -0.2) is 12.8 Å². The third kappa shape index (κ3) is 3.95. The molecule has 6 nitrogen and oxygen atoms in total. The average molecular weight is 385 g/mol. The second-order valence-corrected chi connectivity index (χ2v) is 7.62. The number of para-hydroxylation sites is 1. The van der Waals surface area contributed by atoms with E-state index in [-0.39, 0.29) is 16.1 Å². The highest BCUT2D eigenvalue weighted by Gasteiger charge is 2.24. The molecule has 1 heterocycles. The Morgan fingerprint density at radius 2 is 1.85 bits per heavy atom. The summed E-state index contributed by atoms with van der Waals surface area (Å²) < 4.78 is 40.5. The van der Waals surface area contributed by atoms with Crippen molar-refractivity contribution in [1.82, 2.24) is 4.98 Å². The van der Waals surface area contributed by atoms with Crippen LogP contribution in [-0.4, -0.2) is 26.4 Å². The zero-order valence-corrected chi connectivity index (χ0v) is 15.2. The SMILES string of the molecule is CN(c1ccccc1F)S(=O)(=O)c1cccc(C(=O)Nc2cccnc2)c1. The number of anilines is 2. The van der Waals surface area contributed by atoms with E-state index in [1.165, 1.54) is 55.7 Å². The zero-order chi connectivity index (χ0) is 19.4. The maximum Gasteiger partial charge on any atom is 0.264 e. The summed E-state index contributed by atoms with van der Waals surface area (Å²) >= 11 is 0. The van der Waals surface area contributed by atoms with Crippen LogP contribution in [0.15, 0.2) is 78.0 Å². The number of aromatic nitrogens is 1. The van der Waals surface area contributed by atoms with E-state index in [1.54, 1.807) is 24.4 Å². The van der Waals surface area contributed by atoms with Crippen LogP contribution in [0.4, 0.5) is 15.8 Å². The summed E-state index contributed by atoms with van der Waals surface area (Å²) in [6.07, 6.45) is 3.05. The van der Waals surface area contributed by atoms with Gasteiger partial charge in [0.05, 0.1) is 22.5 Å². The van der Waals surface area contributed by atoms with Gasteiger partial charge in [-0.05, 0) is 42.5 Å². The summed E-state index contributed by atoms with van der Waals surface area (Å²) in [5, 5.41) is 2.64. The van der Waals surface area contributed by atoms with Gasteiger partial charge in [0.2, 0.25) is 0 Å². The number of rotatable bonds is 5. The molecule has 3 aromatic rings. The van der Waals surface area contributed by atoms with Gasteiger partial charge in [0.1, 0.15) is 5.82 Å². The van der Waals surface area contributed by atoms with Crippen molar-refractivity contribution in [3.05, 3.63) is 84.4 Å². The first-order valence-electron chi connectivity index (χ1n) is 7.94. The fraction of sp³-hybridized carbons (Fsp3) is 0.0526. The quantitative estimate of drug-likeness (QED) is 0.731. The van der Waals surface area contributed by atoms with E-state index in [1.807, 2.05) is 0 Å². The molecule has 0 aliphatic carbocycles. The van der Waals surface area contributed by atoms with Crippen molar-refractivity contribution in [1.29, 1.82) is 0 Å². The zero-order valence-electron chi connectivity index (χ0n) is 14.3. The van der Waals surface area contributed by atoms with Gasteiger partial charge in [-0.1, -0.05) is 18.2 Å². The number of carbonyl (C=O) groups is 1. The van der Waals surface area contributed by atoms with E-state index < -0.39 is 21.7 Å². The molecule has 0 bridgehead atoms. The molecule has 27 heavy (non-hydrogen) atoms. The second kappa shape index (κ2) is 7.55. The first kappa shape index (κ1) is 18.5. The van der Waals surface area contributed by atoms with Gasteiger partial charge in [0.25, 0.3) is 15.9 Å². The number of halogens is 1. The largest absolute Gasteiger partial charge is 0.321 e. The van der Waals surface area contributed by atoms with Crippen LogP contribution in [0.2, 0.25) is 0 Å². The standard InChI is InChI=1S/C19H16FN3O3S/c1-23(18-10-3-2-9-17(18)20)27(25,26)16-8-4-6-14(12-16)19(24)22-15-7-5-11-21-13-15/h2-13H,1H3,(H,22,24). The van der Waals surface area contributed by atoms with E-state index in [0.29, 0.717) is 5.69 Å². The Hall–Kier alpha value is -3.26. The fourth-order valence-electron chi connectivity index (χ4n) is 2.43. The number of pyridine rings is 1. The average Bonchev–Trinajstić information content (AvgIpc) is 2.68. The Labute approximate surface area is 156 Å². The minimum absolute atomic E-state index is 0.0808. The first-order valence-corrected chi connectivity index (χ1v) is 9.38. The molecule has 0 radical (unpaired) electrons. The highest BCUT2D eigenvalue weighted by molar-refractivity contribution is 7.92. The van der Waals surface area contributed by atoms with Crippen LogP contribution in [0.1, 0.15) is 10.4 Å². The van der Waals surface area contributed by atoms with Crippen LogP contribution in [0.5, 0.6) is 0 Å². The topological polar surface area (TPSA) is 79.4 Å². The summed E-state index contributed by atoms with van der Waals surface area (Å²) in [4.78, 5) is 16.2. The molecule has 1 N–H and O–H groups in total. The highest BCUT2D eigenvalue weighted by Crippen LogP contribution is 2.25. The molecule has 0 saturated heterocycles. The number of carbonyl (C=O) groups excluding carboxylic acids is 1. The number of nitrogens with one attached hydrogen (secondary N) is 1. The molecule has 138 valence electrons. The summed E-state index contributed by atoms with van der Waals surface area (Å²) in [6, 6.07) is 14.5. The first-order chi connectivity index (χ1) is 12.9. The molecular weight excluding hydrogens is 369 g/mol. The smallest absolute Gasteiger partial charge is 0.264 e. The fourth-order valence-corrected chi connectivity index (χ4v) is 3.68. The van der Waals surface area contributed by atoms with Crippen molar-refractivity contribution in [2.24, 2.45) is 0 Å². The molecular formula is C19H16FN3O3S. The van der Waals surface area contributed by atoms with Gasteiger partial charge in [0.15, 0.2) is 0 Å². The lowest BCUT2D eigenvalue weighted by molar-refractivity contribution is 0.102. The summed E-state index contributed by atoms with van der Waals surface area (Å²) in [6.45, 7) is 0. The third-order valence-electron chi connectivity index (χ3n) is 3.87. The number of nitrogens with zero attached hydrogens (tertiary/aromatic N) is 2. The normalized spacial score (nSPS) is 11.0. The number of hydrogen-bond acceptors (Lipinski definition) is 4. The molecule has 0 aliphatic rings. The molecule has 0 spiro atoms. The minimum atomic E-state index is -4.04. The number of sulfonamides is 1. The third-order valence-corrected chi connectivity index (χ3v) is 5.63. The van der Waals surface area contributed by atoms with E-state index in [0.717, 1.165) is 4.31 Å². The van der Waals surface area contributed by atoms with Crippen LogP contribution >= 0.6 is 0 Å².